The molecule has 0 amide bonds. The molecule has 3 fully saturated rings. The summed E-state index contributed by atoms with van der Waals surface area (Å²) in [6, 6.07) is 6.70. The van der Waals surface area contributed by atoms with Gasteiger partial charge in [-0.05, 0) is 44.0 Å². The van der Waals surface area contributed by atoms with Gasteiger partial charge in [0, 0.05) is 12.6 Å². The molecule has 3 saturated heterocycles. The number of rotatable bonds is 2. The Labute approximate surface area is 111 Å². The monoisotopic (exact) mass is 258 g/mol. The standard InChI is InChI=1S/C14H18N4O/c15-10-2-1-3-12-13(10)17-14(19-12)16-11-8-18-6-4-9(11)5-7-18/h1-3,9,11H,4-8,15H2,(H,16,17). The molecule has 5 nitrogen and oxygen atoms in total. The Morgan fingerprint density at radius 2 is 2.16 bits per heavy atom. The molecule has 1 aromatic carbocycles. The first kappa shape index (κ1) is 11.1. The zero-order valence-electron chi connectivity index (χ0n) is 10.8. The number of nitrogens with two attached hydrogens (primary N) is 1. The smallest absolute Gasteiger partial charge is 0.296 e. The van der Waals surface area contributed by atoms with Gasteiger partial charge in [-0.3, -0.25) is 0 Å². The first-order chi connectivity index (χ1) is 9.29. The Bertz CT molecular complexity index is 601. The fraction of sp³-hybridized carbons (Fsp3) is 0.500. The van der Waals surface area contributed by atoms with Crippen molar-refractivity contribution < 1.29 is 4.42 Å². The molecule has 100 valence electrons. The Morgan fingerprint density at radius 1 is 1.32 bits per heavy atom. The van der Waals surface area contributed by atoms with E-state index in [1.165, 1.54) is 25.9 Å². The van der Waals surface area contributed by atoms with Gasteiger partial charge in [0.05, 0.1) is 5.69 Å². The first-order valence-corrected chi connectivity index (χ1v) is 6.93. The SMILES string of the molecule is Nc1cccc2oc(NC3CN4CCC3CC4)nc12. The third-order valence-electron chi connectivity index (χ3n) is 4.42. The van der Waals surface area contributed by atoms with Gasteiger partial charge in [-0.1, -0.05) is 6.07 Å². The largest absolute Gasteiger partial charge is 0.423 e. The number of benzene rings is 1. The second-order valence-corrected chi connectivity index (χ2v) is 5.60. The maximum Gasteiger partial charge on any atom is 0.296 e. The molecular weight excluding hydrogens is 240 g/mol. The molecule has 5 heteroatoms. The number of anilines is 2. The second kappa shape index (κ2) is 4.13. The summed E-state index contributed by atoms with van der Waals surface area (Å²) in [4.78, 5) is 6.98. The number of nitrogens with one attached hydrogen (secondary N) is 1. The van der Waals surface area contributed by atoms with Crippen molar-refractivity contribution in [1.82, 2.24) is 9.88 Å². The molecule has 5 rings (SSSR count). The minimum atomic E-state index is 0.455. The van der Waals surface area contributed by atoms with Crippen LogP contribution >= 0.6 is 0 Å². The van der Waals surface area contributed by atoms with E-state index in [9.17, 15) is 0 Å². The van der Waals surface area contributed by atoms with E-state index in [0.29, 0.717) is 17.7 Å². The van der Waals surface area contributed by atoms with Crippen LogP contribution in [0.5, 0.6) is 0 Å². The molecule has 4 heterocycles. The molecule has 3 N–H and O–H groups in total. The van der Waals surface area contributed by atoms with Gasteiger partial charge in [-0.15, -0.1) is 0 Å². The third-order valence-corrected chi connectivity index (χ3v) is 4.42. The molecule has 19 heavy (non-hydrogen) atoms. The second-order valence-electron chi connectivity index (χ2n) is 5.60. The molecular formula is C14H18N4O. The number of aromatic nitrogens is 1. The van der Waals surface area contributed by atoms with E-state index in [4.69, 9.17) is 10.2 Å². The van der Waals surface area contributed by atoms with E-state index in [2.05, 4.69) is 15.2 Å². The van der Waals surface area contributed by atoms with Gasteiger partial charge in [-0.2, -0.15) is 4.98 Å². The predicted octanol–water partition coefficient (Wildman–Crippen LogP) is 1.92. The number of hydrogen-bond donors (Lipinski definition) is 2. The maximum absolute atomic E-state index is 5.90. The number of oxazole rings is 1. The normalized spacial score (nSPS) is 29.8. The van der Waals surface area contributed by atoms with Crippen molar-refractivity contribution in [3.8, 4) is 0 Å². The molecule has 2 aromatic rings. The van der Waals surface area contributed by atoms with Crippen molar-refractivity contribution in [2.75, 3.05) is 30.7 Å². The average Bonchev–Trinajstić information content (AvgIpc) is 2.84. The van der Waals surface area contributed by atoms with Crippen molar-refractivity contribution in [3.05, 3.63) is 18.2 Å². The van der Waals surface area contributed by atoms with Crippen molar-refractivity contribution in [2.45, 2.75) is 18.9 Å². The zero-order valence-corrected chi connectivity index (χ0v) is 10.8. The predicted molar refractivity (Wildman–Crippen MR) is 75.0 cm³/mol. The average molecular weight is 258 g/mol. The minimum Gasteiger partial charge on any atom is -0.423 e. The topological polar surface area (TPSA) is 67.3 Å². The zero-order chi connectivity index (χ0) is 12.8. The molecule has 0 aliphatic carbocycles. The molecule has 0 radical (unpaired) electrons. The van der Waals surface area contributed by atoms with E-state index in [-0.39, 0.29) is 0 Å². The summed E-state index contributed by atoms with van der Waals surface area (Å²) < 4.78 is 5.74. The summed E-state index contributed by atoms with van der Waals surface area (Å²) in [7, 11) is 0. The summed E-state index contributed by atoms with van der Waals surface area (Å²) in [5.74, 6) is 0.748. The number of piperidine rings is 3. The van der Waals surface area contributed by atoms with Gasteiger partial charge in [-0.25, -0.2) is 0 Å². The maximum atomic E-state index is 5.90. The van der Waals surface area contributed by atoms with Gasteiger partial charge in [0.1, 0.15) is 5.52 Å². The van der Waals surface area contributed by atoms with Crippen LogP contribution in [0, 0.1) is 5.92 Å². The van der Waals surface area contributed by atoms with E-state index < -0.39 is 0 Å². The Kier molecular flexibility index (Phi) is 2.41. The number of para-hydroxylation sites is 1. The molecule has 1 aromatic heterocycles. The Morgan fingerprint density at radius 3 is 2.84 bits per heavy atom. The first-order valence-electron chi connectivity index (χ1n) is 6.93. The number of nitrogen functional groups attached to an aromatic ring is 1. The van der Waals surface area contributed by atoms with Gasteiger partial charge < -0.3 is 20.4 Å². The fourth-order valence-corrected chi connectivity index (χ4v) is 3.32. The highest BCUT2D eigenvalue weighted by Crippen LogP contribution is 2.31. The highest BCUT2D eigenvalue weighted by atomic mass is 16.4. The third kappa shape index (κ3) is 1.85. The van der Waals surface area contributed by atoms with E-state index >= 15 is 0 Å². The molecule has 0 saturated carbocycles. The summed E-state index contributed by atoms with van der Waals surface area (Å²) in [6.07, 6.45) is 2.56. The lowest BCUT2D eigenvalue weighted by atomic mass is 9.84. The van der Waals surface area contributed by atoms with Gasteiger partial charge in [0.2, 0.25) is 0 Å². The number of nitrogens with zero attached hydrogens (tertiary/aromatic N) is 2. The lowest BCUT2D eigenvalue weighted by Crippen LogP contribution is -2.53. The number of hydrogen-bond acceptors (Lipinski definition) is 5. The van der Waals surface area contributed by atoms with Gasteiger partial charge >= 0.3 is 0 Å². The van der Waals surface area contributed by atoms with Gasteiger partial charge in [0.15, 0.2) is 5.58 Å². The summed E-state index contributed by atoms with van der Waals surface area (Å²) >= 11 is 0. The van der Waals surface area contributed by atoms with Gasteiger partial charge in [0.25, 0.3) is 6.01 Å². The van der Waals surface area contributed by atoms with Crippen molar-refractivity contribution >= 4 is 22.8 Å². The van der Waals surface area contributed by atoms with Crippen LogP contribution in [-0.2, 0) is 0 Å². The Hall–Kier alpha value is -1.75. The summed E-state index contributed by atoms with van der Waals surface area (Å²) in [5, 5.41) is 3.45. The van der Waals surface area contributed by atoms with Crippen LogP contribution in [0.3, 0.4) is 0 Å². The highest BCUT2D eigenvalue weighted by Gasteiger charge is 2.34. The highest BCUT2D eigenvalue weighted by molar-refractivity contribution is 5.86. The molecule has 0 spiro atoms. The van der Waals surface area contributed by atoms with E-state index in [1.54, 1.807) is 0 Å². The van der Waals surface area contributed by atoms with Crippen LogP contribution in [0.15, 0.2) is 22.6 Å². The van der Waals surface area contributed by atoms with Crippen molar-refractivity contribution in [1.29, 1.82) is 0 Å². The molecule has 2 bridgehead atoms. The van der Waals surface area contributed by atoms with Crippen LogP contribution in [-0.4, -0.2) is 35.6 Å². The summed E-state index contributed by atoms with van der Waals surface area (Å²) in [5.41, 5.74) is 8.08. The van der Waals surface area contributed by atoms with Crippen molar-refractivity contribution in [3.63, 3.8) is 0 Å². The van der Waals surface area contributed by atoms with Crippen LogP contribution in [0.4, 0.5) is 11.7 Å². The van der Waals surface area contributed by atoms with E-state index in [0.717, 1.165) is 23.6 Å². The molecule has 1 atom stereocenters. The van der Waals surface area contributed by atoms with Crippen LogP contribution < -0.4 is 11.1 Å². The van der Waals surface area contributed by atoms with Crippen LogP contribution in [0.1, 0.15) is 12.8 Å². The van der Waals surface area contributed by atoms with Crippen LogP contribution in [0.25, 0.3) is 11.1 Å². The van der Waals surface area contributed by atoms with E-state index in [1.807, 2.05) is 18.2 Å². The van der Waals surface area contributed by atoms with Crippen LogP contribution in [0.2, 0.25) is 0 Å². The minimum absolute atomic E-state index is 0.455. The molecule has 1 unspecified atom stereocenters. The lowest BCUT2D eigenvalue weighted by Gasteiger charge is -2.44. The quantitative estimate of drug-likeness (QED) is 0.805. The Balaban J connectivity index is 1.60. The fourth-order valence-electron chi connectivity index (χ4n) is 3.32. The van der Waals surface area contributed by atoms with Crippen molar-refractivity contribution in [2.24, 2.45) is 5.92 Å². The summed E-state index contributed by atoms with van der Waals surface area (Å²) in [6.45, 7) is 3.57. The molecule has 3 aliphatic heterocycles. The number of fused-ring (bicyclic) bond motifs is 4. The lowest BCUT2D eigenvalue weighted by molar-refractivity contribution is 0.0965. The molecule has 3 aliphatic rings.